The van der Waals surface area contributed by atoms with Crippen LogP contribution in [-0.4, -0.2) is 34.9 Å². The Balaban J connectivity index is 1.53. The minimum Gasteiger partial charge on any atom is -0.494 e. The molecule has 1 fully saturated rings. The largest absolute Gasteiger partial charge is 0.494 e. The van der Waals surface area contributed by atoms with E-state index in [1.165, 1.54) is 11.1 Å². The van der Waals surface area contributed by atoms with Crippen molar-refractivity contribution in [2.45, 2.75) is 37.1 Å². The first-order valence-corrected chi connectivity index (χ1v) is 9.91. The van der Waals surface area contributed by atoms with Crippen LogP contribution in [-0.2, 0) is 10.2 Å². The van der Waals surface area contributed by atoms with Crippen molar-refractivity contribution < 1.29 is 14.6 Å². The molecule has 0 radical (unpaired) electrons. The number of thioether (sulfide) groups is 1. The van der Waals surface area contributed by atoms with E-state index in [9.17, 15) is 4.79 Å². The van der Waals surface area contributed by atoms with Crippen LogP contribution >= 0.6 is 11.8 Å². The molecule has 0 aromatic heterocycles. The maximum Gasteiger partial charge on any atom is 0.321 e. The first-order chi connectivity index (χ1) is 12.5. The van der Waals surface area contributed by atoms with Gasteiger partial charge in [-0.05, 0) is 23.3 Å². The quantitative estimate of drug-likeness (QED) is 0.773. The summed E-state index contributed by atoms with van der Waals surface area (Å²) < 4.78 is 5.84. The van der Waals surface area contributed by atoms with Crippen LogP contribution in [0.5, 0.6) is 5.75 Å². The number of carboxylic acid groups (broad SMARTS) is 1. The third-order valence-corrected chi connectivity index (χ3v) is 6.17. The van der Waals surface area contributed by atoms with E-state index in [4.69, 9.17) is 9.84 Å². The number of aliphatic carboxylic acids is 1. The minimum atomic E-state index is -0.780. The van der Waals surface area contributed by atoms with Gasteiger partial charge in [-0.25, -0.2) is 0 Å². The van der Waals surface area contributed by atoms with E-state index in [1.807, 2.05) is 18.2 Å². The summed E-state index contributed by atoms with van der Waals surface area (Å²) in [6, 6.07) is 18.3. The van der Waals surface area contributed by atoms with Gasteiger partial charge in [0.1, 0.15) is 11.8 Å². The van der Waals surface area contributed by atoms with Crippen molar-refractivity contribution in [3.63, 3.8) is 0 Å². The molecule has 2 aromatic rings. The second-order valence-electron chi connectivity index (χ2n) is 7.03. The number of benzene rings is 2. The number of nitrogens with one attached hydrogen (secondary N) is 1. The first-order valence-electron chi connectivity index (χ1n) is 8.86. The van der Waals surface area contributed by atoms with Crippen LogP contribution in [0.15, 0.2) is 54.6 Å². The van der Waals surface area contributed by atoms with Gasteiger partial charge in [0, 0.05) is 17.6 Å². The molecule has 0 amide bonds. The SMILES string of the molecule is CC(C)(c1ccccc1)c1ccc(OCCC2NC(C(=O)O)CS2)cc1. The summed E-state index contributed by atoms with van der Waals surface area (Å²) in [5.74, 6) is 0.677. The van der Waals surface area contributed by atoms with Gasteiger partial charge in [-0.3, -0.25) is 10.1 Å². The molecule has 0 bridgehead atoms. The third-order valence-electron chi connectivity index (χ3n) is 4.87. The van der Waals surface area contributed by atoms with Crippen LogP contribution in [0.4, 0.5) is 0 Å². The maximum absolute atomic E-state index is 11.0. The zero-order valence-corrected chi connectivity index (χ0v) is 16.0. The molecule has 4 nitrogen and oxygen atoms in total. The zero-order valence-electron chi connectivity index (χ0n) is 15.1. The van der Waals surface area contributed by atoms with Crippen LogP contribution in [0, 0.1) is 0 Å². The van der Waals surface area contributed by atoms with E-state index in [0.717, 1.165) is 12.2 Å². The standard InChI is InChI=1S/C21H25NO3S/c1-21(2,15-6-4-3-5-7-15)16-8-10-17(11-9-16)25-13-12-19-22-18(14-26-19)20(23)24/h3-11,18-19,22H,12-14H2,1-2H3,(H,23,24). The number of carboxylic acids is 1. The molecule has 3 rings (SSSR count). The monoisotopic (exact) mass is 371 g/mol. The molecule has 1 saturated heterocycles. The van der Waals surface area contributed by atoms with Gasteiger partial charge in [-0.15, -0.1) is 11.8 Å². The average molecular weight is 372 g/mol. The number of hydrogen-bond acceptors (Lipinski definition) is 4. The lowest BCUT2D eigenvalue weighted by molar-refractivity contribution is -0.138. The van der Waals surface area contributed by atoms with Crippen LogP contribution in [0.1, 0.15) is 31.4 Å². The summed E-state index contributed by atoms with van der Waals surface area (Å²) in [6.45, 7) is 5.01. The lowest BCUT2D eigenvalue weighted by atomic mass is 9.78. The van der Waals surface area contributed by atoms with Gasteiger partial charge >= 0.3 is 5.97 Å². The molecular formula is C21H25NO3S. The highest BCUT2D eigenvalue weighted by Gasteiger charge is 2.29. The Morgan fingerprint density at radius 3 is 2.42 bits per heavy atom. The van der Waals surface area contributed by atoms with Gasteiger partial charge in [-0.2, -0.15) is 0 Å². The van der Waals surface area contributed by atoms with Gasteiger partial charge in [0.05, 0.1) is 12.0 Å². The third kappa shape index (κ3) is 4.40. The van der Waals surface area contributed by atoms with E-state index in [-0.39, 0.29) is 10.8 Å². The van der Waals surface area contributed by atoms with Gasteiger partial charge in [0.25, 0.3) is 0 Å². The van der Waals surface area contributed by atoms with Gasteiger partial charge in [0.2, 0.25) is 0 Å². The molecule has 2 unspecified atom stereocenters. The first kappa shape index (κ1) is 18.8. The summed E-state index contributed by atoms with van der Waals surface area (Å²) in [6.07, 6.45) is 0.783. The van der Waals surface area contributed by atoms with Crippen LogP contribution in [0.3, 0.4) is 0 Å². The van der Waals surface area contributed by atoms with E-state index >= 15 is 0 Å². The summed E-state index contributed by atoms with van der Waals surface area (Å²) in [5, 5.41) is 12.3. The van der Waals surface area contributed by atoms with Crippen LogP contribution in [0.2, 0.25) is 0 Å². The molecule has 2 aromatic carbocycles. The second-order valence-corrected chi connectivity index (χ2v) is 8.27. The van der Waals surface area contributed by atoms with E-state index in [0.29, 0.717) is 12.4 Å². The van der Waals surface area contributed by atoms with Crippen molar-refractivity contribution in [1.82, 2.24) is 5.32 Å². The fraction of sp³-hybridized carbons (Fsp3) is 0.381. The van der Waals surface area contributed by atoms with Crippen LogP contribution in [0.25, 0.3) is 0 Å². The van der Waals surface area contributed by atoms with Crippen molar-refractivity contribution in [3.05, 3.63) is 65.7 Å². The summed E-state index contributed by atoms with van der Waals surface area (Å²) in [4.78, 5) is 11.0. The second kappa shape index (κ2) is 8.14. The van der Waals surface area contributed by atoms with Gasteiger partial charge in [0.15, 0.2) is 0 Å². The molecule has 0 saturated carbocycles. The topological polar surface area (TPSA) is 58.6 Å². The molecule has 2 atom stereocenters. The highest BCUT2D eigenvalue weighted by molar-refractivity contribution is 8.00. The molecule has 26 heavy (non-hydrogen) atoms. The van der Waals surface area contributed by atoms with Crippen molar-refractivity contribution in [2.24, 2.45) is 0 Å². The highest BCUT2D eigenvalue weighted by atomic mass is 32.2. The molecule has 5 heteroatoms. The molecule has 0 spiro atoms. The Labute approximate surface area is 159 Å². The number of carbonyl (C=O) groups is 1. The molecule has 0 aliphatic carbocycles. The summed E-state index contributed by atoms with van der Waals surface area (Å²) in [7, 11) is 0. The van der Waals surface area contributed by atoms with E-state index in [1.54, 1.807) is 11.8 Å². The molecule has 138 valence electrons. The number of ether oxygens (including phenoxy) is 1. The smallest absolute Gasteiger partial charge is 0.321 e. The molecule has 2 N–H and O–H groups in total. The Hall–Kier alpha value is -1.98. The van der Waals surface area contributed by atoms with Crippen molar-refractivity contribution in [1.29, 1.82) is 0 Å². The predicted octanol–water partition coefficient (Wildman–Crippen LogP) is 3.90. The highest BCUT2D eigenvalue weighted by Crippen LogP contribution is 2.32. The molecular weight excluding hydrogens is 346 g/mol. The normalized spacial score (nSPS) is 20.1. The molecule has 1 heterocycles. The van der Waals surface area contributed by atoms with Crippen LogP contribution < -0.4 is 10.1 Å². The Morgan fingerprint density at radius 1 is 1.15 bits per heavy atom. The Kier molecular flexibility index (Phi) is 5.89. The predicted molar refractivity (Wildman–Crippen MR) is 106 cm³/mol. The average Bonchev–Trinajstić information content (AvgIpc) is 3.12. The zero-order chi connectivity index (χ0) is 18.6. The van der Waals surface area contributed by atoms with Gasteiger partial charge in [-0.1, -0.05) is 56.3 Å². The van der Waals surface area contributed by atoms with E-state index in [2.05, 4.69) is 55.6 Å². The van der Waals surface area contributed by atoms with Crippen molar-refractivity contribution >= 4 is 17.7 Å². The molecule has 1 aliphatic rings. The summed E-state index contributed by atoms with van der Waals surface area (Å²) >= 11 is 1.65. The Bertz CT molecular complexity index is 731. The van der Waals surface area contributed by atoms with Gasteiger partial charge < -0.3 is 9.84 Å². The fourth-order valence-corrected chi connectivity index (χ4v) is 4.30. The fourth-order valence-electron chi connectivity index (χ4n) is 3.12. The number of hydrogen-bond donors (Lipinski definition) is 2. The Morgan fingerprint density at radius 2 is 1.81 bits per heavy atom. The minimum absolute atomic E-state index is 0.0595. The maximum atomic E-state index is 11.0. The van der Waals surface area contributed by atoms with Crippen molar-refractivity contribution in [3.8, 4) is 5.75 Å². The number of rotatable bonds is 7. The van der Waals surface area contributed by atoms with E-state index < -0.39 is 12.0 Å². The summed E-state index contributed by atoms with van der Waals surface area (Å²) in [5.41, 5.74) is 2.47. The molecule has 1 aliphatic heterocycles. The lowest BCUT2D eigenvalue weighted by Crippen LogP contribution is -2.36. The lowest BCUT2D eigenvalue weighted by Gasteiger charge is -2.26. The van der Waals surface area contributed by atoms with Crippen molar-refractivity contribution in [2.75, 3.05) is 12.4 Å².